The van der Waals surface area contributed by atoms with Crippen LogP contribution in [0.2, 0.25) is 0 Å². The molecule has 0 saturated heterocycles. The third-order valence-corrected chi connectivity index (χ3v) is 4.82. The van der Waals surface area contributed by atoms with E-state index < -0.39 is 0 Å². The fourth-order valence-corrected chi connectivity index (χ4v) is 3.57. The molecular weight excluding hydrogens is 332 g/mol. The summed E-state index contributed by atoms with van der Waals surface area (Å²) in [4.78, 5) is 19.8. The number of aliphatic imine (C=N–C) groups is 1. The SMILES string of the molecule is O=C1/C(=N\c2cccc3ccccc23)c2ccccc2N1c1ccccc1. The second kappa shape index (κ2) is 6.22. The molecule has 0 fully saturated rings. The minimum absolute atomic E-state index is 0.102. The largest absolute Gasteiger partial charge is 0.282 e. The molecule has 0 aromatic heterocycles. The van der Waals surface area contributed by atoms with Gasteiger partial charge in [-0.3, -0.25) is 9.69 Å². The molecule has 4 aromatic rings. The van der Waals surface area contributed by atoms with Crippen LogP contribution in [-0.4, -0.2) is 11.6 Å². The molecule has 0 aliphatic carbocycles. The standard InChI is InChI=1S/C24H16N2O/c27-24-23(25-21-15-8-10-17-9-4-5-13-19(17)21)20-14-6-7-16-22(20)26(24)18-11-2-1-3-12-18/h1-16H/b25-23-. The molecule has 4 aromatic carbocycles. The molecule has 1 aliphatic rings. The van der Waals surface area contributed by atoms with Crippen molar-refractivity contribution in [1.29, 1.82) is 0 Å². The van der Waals surface area contributed by atoms with Crippen LogP contribution in [0.25, 0.3) is 10.8 Å². The topological polar surface area (TPSA) is 32.7 Å². The summed E-state index contributed by atoms with van der Waals surface area (Å²) < 4.78 is 0. The molecule has 1 aliphatic heterocycles. The van der Waals surface area contributed by atoms with Gasteiger partial charge in [0.25, 0.3) is 5.91 Å². The van der Waals surface area contributed by atoms with Gasteiger partial charge < -0.3 is 0 Å². The monoisotopic (exact) mass is 348 g/mol. The molecule has 5 rings (SSSR count). The Kier molecular flexibility index (Phi) is 3.58. The highest BCUT2D eigenvalue weighted by Gasteiger charge is 2.34. The highest BCUT2D eigenvalue weighted by atomic mass is 16.2. The summed E-state index contributed by atoms with van der Waals surface area (Å²) in [5, 5.41) is 2.15. The molecule has 0 N–H and O–H groups in total. The second-order valence-corrected chi connectivity index (χ2v) is 6.45. The van der Waals surface area contributed by atoms with E-state index in [2.05, 4.69) is 12.1 Å². The summed E-state index contributed by atoms with van der Waals surface area (Å²) in [5.41, 5.74) is 3.86. The van der Waals surface area contributed by atoms with Gasteiger partial charge in [0.15, 0.2) is 0 Å². The molecule has 27 heavy (non-hydrogen) atoms. The Morgan fingerprint density at radius 1 is 0.667 bits per heavy atom. The molecule has 1 heterocycles. The highest BCUT2D eigenvalue weighted by Crippen LogP contribution is 2.37. The van der Waals surface area contributed by atoms with Crippen molar-refractivity contribution in [3.8, 4) is 0 Å². The first kappa shape index (κ1) is 15.5. The number of nitrogens with zero attached hydrogens (tertiary/aromatic N) is 2. The molecule has 0 spiro atoms. The summed E-state index contributed by atoms with van der Waals surface area (Å²) in [6.07, 6.45) is 0. The Morgan fingerprint density at radius 3 is 2.26 bits per heavy atom. The van der Waals surface area contributed by atoms with Crippen LogP contribution in [0, 0.1) is 0 Å². The third kappa shape index (κ3) is 2.52. The lowest BCUT2D eigenvalue weighted by Crippen LogP contribution is -2.25. The van der Waals surface area contributed by atoms with Crippen molar-refractivity contribution in [3.63, 3.8) is 0 Å². The normalized spacial score (nSPS) is 14.7. The van der Waals surface area contributed by atoms with Gasteiger partial charge >= 0.3 is 0 Å². The van der Waals surface area contributed by atoms with Crippen LogP contribution in [0.4, 0.5) is 17.1 Å². The zero-order valence-electron chi connectivity index (χ0n) is 14.5. The average molecular weight is 348 g/mol. The number of anilines is 2. The maximum Gasteiger partial charge on any atom is 0.282 e. The number of rotatable bonds is 2. The quantitative estimate of drug-likeness (QED) is 0.461. The summed E-state index contributed by atoms with van der Waals surface area (Å²) in [7, 11) is 0. The second-order valence-electron chi connectivity index (χ2n) is 6.45. The van der Waals surface area contributed by atoms with Gasteiger partial charge in [-0.2, -0.15) is 0 Å². The Bertz CT molecular complexity index is 1190. The van der Waals surface area contributed by atoms with Gasteiger partial charge in [-0.1, -0.05) is 72.8 Å². The Hall–Kier alpha value is -3.72. The Labute approximate surface area is 157 Å². The van der Waals surface area contributed by atoms with Crippen LogP contribution in [0.15, 0.2) is 102 Å². The predicted molar refractivity (Wildman–Crippen MR) is 110 cm³/mol. The number of carbonyl (C=O) groups is 1. The van der Waals surface area contributed by atoms with Gasteiger partial charge in [-0.25, -0.2) is 4.99 Å². The van der Waals surface area contributed by atoms with Crippen LogP contribution in [0.1, 0.15) is 5.56 Å². The Morgan fingerprint density at radius 2 is 1.37 bits per heavy atom. The maximum atomic E-state index is 13.3. The van der Waals surface area contributed by atoms with Gasteiger partial charge in [0.2, 0.25) is 0 Å². The molecule has 0 bridgehead atoms. The van der Waals surface area contributed by atoms with Gasteiger partial charge in [-0.15, -0.1) is 0 Å². The first-order valence-corrected chi connectivity index (χ1v) is 8.88. The molecular formula is C24H16N2O. The molecule has 1 amide bonds. The van der Waals surface area contributed by atoms with Crippen molar-refractivity contribution >= 4 is 39.5 Å². The van der Waals surface area contributed by atoms with Crippen molar-refractivity contribution in [3.05, 3.63) is 103 Å². The summed E-state index contributed by atoms with van der Waals surface area (Å²) >= 11 is 0. The number of hydrogen-bond acceptors (Lipinski definition) is 2. The molecule has 3 heteroatoms. The van der Waals surface area contributed by atoms with E-state index in [1.807, 2.05) is 84.9 Å². The van der Waals surface area contributed by atoms with Crippen molar-refractivity contribution in [2.45, 2.75) is 0 Å². The van der Waals surface area contributed by atoms with Gasteiger partial charge in [0, 0.05) is 16.6 Å². The van der Waals surface area contributed by atoms with Crippen molar-refractivity contribution in [2.75, 3.05) is 4.90 Å². The molecule has 0 atom stereocenters. The van der Waals surface area contributed by atoms with Crippen molar-refractivity contribution in [1.82, 2.24) is 0 Å². The first-order valence-electron chi connectivity index (χ1n) is 8.88. The minimum atomic E-state index is -0.102. The van der Waals surface area contributed by atoms with E-state index in [-0.39, 0.29) is 5.91 Å². The average Bonchev–Trinajstić information content (AvgIpc) is 3.00. The van der Waals surface area contributed by atoms with E-state index in [4.69, 9.17) is 4.99 Å². The summed E-state index contributed by atoms with van der Waals surface area (Å²) in [6.45, 7) is 0. The Balaban J connectivity index is 1.71. The number of para-hydroxylation sites is 2. The lowest BCUT2D eigenvalue weighted by molar-refractivity contribution is -0.111. The highest BCUT2D eigenvalue weighted by molar-refractivity contribution is 6.56. The number of carbonyl (C=O) groups excluding carboxylic acids is 1. The lowest BCUT2D eigenvalue weighted by atomic mass is 10.1. The summed E-state index contributed by atoms with van der Waals surface area (Å²) in [6, 6.07) is 31.6. The zero-order valence-corrected chi connectivity index (χ0v) is 14.5. The maximum absolute atomic E-state index is 13.3. The van der Waals surface area contributed by atoms with Crippen molar-refractivity contribution in [2.24, 2.45) is 4.99 Å². The van der Waals surface area contributed by atoms with E-state index >= 15 is 0 Å². The van der Waals surface area contributed by atoms with E-state index in [9.17, 15) is 4.79 Å². The van der Waals surface area contributed by atoms with Crippen LogP contribution in [0.5, 0.6) is 0 Å². The molecule has 3 nitrogen and oxygen atoms in total. The predicted octanol–water partition coefficient (Wildman–Crippen LogP) is 5.64. The fraction of sp³-hybridized carbons (Fsp3) is 0. The van der Waals surface area contributed by atoms with E-state index in [0.717, 1.165) is 33.4 Å². The molecule has 0 radical (unpaired) electrons. The van der Waals surface area contributed by atoms with Gasteiger partial charge in [0.1, 0.15) is 5.71 Å². The van der Waals surface area contributed by atoms with Crippen LogP contribution < -0.4 is 4.90 Å². The zero-order chi connectivity index (χ0) is 18.2. The van der Waals surface area contributed by atoms with E-state index in [0.29, 0.717) is 5.71 Å². The smallest absolute Gasteiger partial charge is 0.275 e. The van der Waals surface area contributed by atoms with Crippen LogP contribution in [0.3, 0.4) is 0 Å². The van der Waals surface area contributed by atoms with Gasteiger partial charge in [0.05, 0.1) is 11.4 Å². The molecule has 128 valence electrons. The van der Waals surface area contributed by atoms with E-state index in [1.54, 1.807) is 4.90 Å². The van der Waals surface area contributed by atoms with E-state index in [1.165, 1.54) is 0 Å². The molecule has 0 unspecified atom stereocenters. The minimum Gasteiger partial charge on any atom is -0.275 e. The molecule has 0 saturated carbocycles. The first-order chi connectivity index (χ1) is 13.3. The van der Waals surface area contributed by atoms with Crippen LogP contribution >= 0.6 is 0 Å². The fourth-order valence-electron chi connectivity index (χ4n) is 3.57. The third-order valence-electron chi connectivity index (χ3n) is 4.82. The number of benzene rings is 4. The van der Waals surface area contributed by atoms with Crippen molar-refractivity contribution < 1.29 is 4.79 Å². The number of amides is 1. The van der Waals surface area contributed by atoms with Gasteiger partial charge in [-0.05, 0) is 29.7 Å². The lowest BCUT2D eigenvalue weighted by Gasteiger charge is -2.16. The van der Waals surface area contributed by atoms with Crippen LogP contribution in [-0.2, 0) is 4.79 Å². The number of hydrogen-bond donors (Lipinski definition) is 0. The summed E-state index contributed by atoms with van der Waals surface area (Å²) in [5.74, 6) is -0.102. The number of fused-ring (bicyclic) bond motifs is 2.